The molecule has 4 nitrogen and oxygen atoms in total. The van der Waals surface area contributed by atoms with Crippen LogP contribution in [0.15, 0.2) is 103 Å². The van der Waals surface area contributed by atoms with Crippen molar-refractivity contribution in [2.75, 3.05) is 13.2 Å². The van der Waals surface area contributed by atoms with Gasteiger partial charge in [0.25, 0.3) is 0 Å². The fourth-order valence-corrected chi connectivity index (χ4v) is 9.02. The van der Waals surface area contributed by atoms with E-state index in [0.717, 1.165) is 29.5 Å². The molecule has 1 N–H and O–H groups in total. The van der Waals surface area contributed by atoms with Gasteiger partial charge >= 0.3 is 7.60 Å². The van der Waals surface area contributed by atoms with E-state index in [4.69, 9.17) is 9.05 Å². The van der Waals surface area contributed by atoms with Gasteiger partial charge in [0.1, 0.15) is 5.75 Å². The fourth-order valence-electron chi connectivity index (χ4n) is 5.04. The van der Waals surface area contributed by atoms with E-state index in [1.54, 1.807) is 0 Å². The molecule has 4 aromatic carbocycles. The lowest BCUT2D eigenvalue weighted by Gasteiger charge is -2.20. The Labute approximate surface area is 260 Å². The number of benzene rings is 4. The topological polar surface area (TPSA) is 55.8 Å². The van der Waals surface area contributed by atoms with Crippen LogP contribution in [0.25, 0.3) is 0 Å². The number of aromatic hydroxyl groups is 1. The molecule has 230 valence electrons. The van der Waals surface area contributed by atoms with Gasteiger partial charge in [-0.3, -0.25) is 4.57 Å². The Hall–Kier alpha value is -2.74. The minimum Gasteiger partial charge on any atom is -0.507 e. The molecule has 0 saturated carbocycles. The van der Waals surface area contributed by atoms with E-state index in [1.807, 2.05) is 26.0 Å². The van der Waals surface area contributed by atoms with Gasteiger partial charge in [0.2, 0.25) is 0 Å². The van der Waals surface area contributed by atoms with Gasteiger partial charge in [-0.1, -0.05) is 131 Å². The second-order valence-electron chi connectivity index (χ2n) is 11.4. The average molecular weight is 619 g/mol. The summed E-state index contributed by atoms with van der Waals surface area (Å²) in [5.41, 5.74) is 2.74. The van der Waals surface area contributed by atoms with Gasteiger partial charge in [-0.05, 0) is 79.1 Å². The van der Waals surface area contributed by atoms with Crippen LogP contribution in [-0.2, 0) is 32.6 Å². The second kappa shape index (κ2) is 17.5. The summed E-state index contributed by atoms with van der Waals surface area (Å²) in [6, 6.07) is 36.2. The molecule has 0 spiro atoms. The zero-order valence-electron chi connectivity index (χ0n) is 26.6. The Morgan fingerprint density at radius 2 is 1.00 bits per heavy atom. The minimum absolute atomic E-state index is 0.241. The van der Waals surface area contributed by atoms with Gasteiger partial charge in [-0.2, -0.15) is 0 Å². The average Bonchev–Trinajstić information content (AvgIpc) is 2.97. The third-order valence-electron chi connectivity index (χ3n) is 6.65. The summed E-state index contributed by atoms with van der Waals surface area (Å²) >= 11 is 0. The summed E-state index contributed by atoms with van der Waals surface area (Å²) in [6.45, 7) is 12.8. The predicted molar refractivity (Wildman–Crippen MR) is 185 cm³/mol. The quantitative estimate of drug-likeness (QED) is 0.152. The summed E-state index contributed by atoms with van der Waals surface area (Å²) in [4.78, 5) is 0. The Bertz CT molecular complexity index is 1270. The lowest BCUT2D eigenvalue weighted by Crippen LogP contribution is -2.20. The first-order valence-electron chi connectivity index (χ1n) is 15.3. The third kappa shape index (κ3) is 11.0. The number of phenolic OH excluding ortho intramolecular Hbond substituents is 1. The van der Waals surface area contributed by atoms with Gasteiger partial charge in [-0.25, -0.2) is 0 Å². The Balaban J connectivity index is 0.000000241. The van der Waals surface area contributed by atoms with Crippen molar-refractivity contribution in [1.82, 2.24) is 0 Å². The van der Waals surface area contributed by atoms with Crippen molar-refractivity contribution < 1.29 is 18.7 Å². The van der Waals surface area contributed by atoms with Crippen LogP contribution in [-0.4, -0.2) is 18.3 Å². The largest absolute Gasteiger partial charge is 0.507 e. The molecule has 4 aromatic rings. The maximum absolute atomic E-state index is 12.8. The van der Waals surface area contributed by atoms with Crippen LogP contribution in [0.5, 0.6) is 5.75 Å². The predicted octanol–water partition coefficient (Wildman–Crippen LogP) is 9.00. The highest BCUT2D eigenvalue weighted by molar-refractivity contribution is 7.79. The summed E-state index contributed by atoms with van der Waals surface area (Å²) in [6.07, 6.45) is 1.82. The molecule has 0 amide bonds. The fraction of sp³-hybridized carbons (Fsp3) is 0.351. The van der Waals surface area contributed by atoms with Crippen LogP contribution in [0, 0.1) is 11.8 Å². The molecule has 0 aromatic heterocycles. The zero-order valence-corrected chi connectivity index (χ0v) is 28.4. The minimum atomic E-state index is -3.15. The van der Waals surface area contributed by atoms with E-state index in [1.165, 1.54) is 15.9 Å². The molecule has 6 heteroatoms. The summed E-state index contributed by atoms with van der Waals surface area (Å²) < 4.78 is 23.7. The van der Waals surface area contributed by atoms with Gasteiger partial charge in [0.05, 0.1) is 19.4 Å². The smallest absolute Gasteiger partial charge is 0.335 e. The summed E-state index contributed by atoms with van der Waals surface area (Å²) in [5.74, 6) is 1.25. The van der Waals surface area contributed by atoms with E-state index >= 15 is 0 Å². The van der Waals surface area contributed by atoms with Crippen LogP contribution >= 0.6 is 15.5 Å². The van der Waals surface area contributed by atoms with Crippen molar-refractivity contribution in [2.45, 2.75) is 60.5 Å². The molecule has 0 saturated heterocycles. The summed E-state index contributed by atoms with van der Waals surface area (Å²) in [5, 5.41) is 14.8. The maximum Gasteiger partial charge on any atom is 0.335 e. The van der Waals surface area contributed by atoms with E-state index in [0.29, 0.717) is 30.8 Å². The number of phenols is 1. The highest BCUT2D eigenvalue weighted by Gasteiger charge is 2.25. The zero-order chi connectivity index (χ0) is 31.2. The van der Waals surface area contributed by atoms with Crippen molar-refractivity contribution in [1.29, 1.82) is 0 Å². The summed E-state index contributed by atoms with van der Waals surface area (Å²) in [7, 11) is -3.59. The molecule has 0 heterocycles. The molecule has 0 unspecified atom stereocenters. The standard InChI is InChI=1S/C19H33O4P.C18H15P/c1-7-22-24(21,23-8-2)13-16-11-17(9-14(3)4)19(20)18(12-16)10-15(5)6;1-4-10-16(11-5-1)19(17-12-6-2-7-13-17)18-14-8-3-9-15-18/h11-12,14-15,20H,7-10,13H2,1-6H3;1-15H. The molecule has 0 aliphatic heterocycles. The van der Waals surface area contributed by atoms with E-state index in [2.05, 4.69) is 119 Å². The molecule has 0 aliphatic rings. The van der Waals surface area contributed by atoms with Gasteiger partial charge in [-0.15, -0.1) is 0 Å². The molecular formula is C37H48O4P2. The molecule has 0 radical (unpaired) electrons. The Morgan fingerprint density at radius 3 is 1.30 bits per heavy atom. The maximum atomic E-state index is 12.8. The van der Waals surface area contributed by atoms with Crippen LogP contribution in [0.2, 0.25) is 0 Å². The molecule has 43 heavy (non-hydrogen) atoms. The van der Waals surface area contributed by atoms with Crippen molar-refractivity contribution in [2.24, 2.45) is 11.8 Å². The van der Waals surface area contributed by atoms with Crippen molar-refractivity contribution in [3.63, 3.8) is 0 Å². The number of rotatable bonds is 13. The van der Waals surface area contributed by atoms with Gasteiger partial charge < -0.3 is 14.2 Å². The van der Waals surface area contributed by atoms with E-state index in [-0.39, 0.29) is 6.16 Å². The van der Waals surface area contributed by atoms with Crippen molar-refractivity contribution in [3.05, 3.63) is 120 Å². The second-order valence-corrected chi connectivity index (χ2v) is 15.7. The van der Waals surface area contributed by atoms with Gasteiger partial charge in [0.15, 0.2) is 0 Å². The van der Waals surface area contributed by atoms with Crippen LogP contribution in [0.3, 0.4) is 0 Å². The first kappa shape index (κ1) is 34.7. The molecule has 0 aliphatic carbocycles. The number of hydrogen-bond donors (Lipinski definition) is 1. The van der Waals surface area contributed by atoms with Gasteiger partial charge in [0, 0.05) is 0 Å². The lowest BCUT2D eigenvalue weighted by molar-refractivity contribution is 0.219. The third-order valence-corrected chi connectivity index (χ3v) is 11.2. The van der Waals surface area contributed by atoms with E-state index < -0.39 is 15.5 Å². The highest BCUT2D eigenvalue weighted by atomic mass is 31.2. The SMILES string of the molecule is CCOP(=O)(Cc1cc(CC(C)C)c(O)c(CC(C)C)c1)OCC.c1ccc(P(c2ccccc2)c2ccccc2)cc1. The van der Waals surface area contributed by atoms with Crippen LogP contribution in [0.4, 0.5) is 0 Å². The lowest BCUT2D eigenvalue weighted by atomic mass is 9.93. The van der Waals surface area contributed by atoms with Crippen LogP contribution in [0.1, 0.15) is 58.2 Å². The Kier molecular flexibility index (Phi) is 14.2. The first-order valence-corrected chi connectivity index (χ1v) is 18.4. The van der Waals surface area contributed by atoms with Crippen molar-refractivity contribution in [3.8, 4) is 5.75 Å². The van der Waals surface area contributed by atoms with E-state index in [9.17, 15) is 9.67 Å². The molecule has 0 fully saturated rings. The first-order chi connectivity index (χ1) is 20.7. The highest BCUT2D eigenvalue weighted by Crippen LogP contribution is 2.51. The molecule has 0 atom stereocenters. The molecule has 0 bridgehead atoms. The Morgan fingerprint density at radius 1 is 0.651 bits per heavy atom. The number of hydrogen-bond acceptors (Lipinski definition) is 4. The van der Waals surface area contributed by atoms with Crippen LogP contribution < -0.4 is 15.9 Å². The molecular weight excluding hydrogens is 570 g/mol. The van der Waals surface area contributed by atoms with Crippen molar-refractivity contribution >= 4 is 31.4 Å². The molecule has 4 rings (SSSR count). The normalized spacial score (nSPS) is 11.6. The monoisotopic (exact) mass is 618 g/mol.